The minimum atomic E-state index is 0.584. The van der Waals surface area contributed by atoms with E-state index in [1.54, 1.807) is 0 Å². The van der Waals surface area contributed by atoms with Crippen LogP contribution in [0.5, 0.6) is 0 Å². The highest BCUT2D eigenvalue weighted by Gasteiger charge is 2.19. The standard InChI is InChI=1S/C57H36N4O/c1-4-15-37(16-5-1)38-27-29-40(30-28-38)56-58-55(39-17-6-2-7-18-39)59-57(60-56)42-32-34-47-46-33-31-41(35-52(46)62-53(47)36-42)44-21-10-11-22-45(44)48-24-14-26-51-54(48)49-23-12-13-25-50(49)61(51)43-19-8-3-9-20-43/h1-36H. The molecule has 0 saturated carbocycles. The normalized spacial score (nSPS) is 11.5. The van der Waals surface area contributed by atoms with Crippen LogP contribution >= 0.6 is 0 Å². The van der Waals surface area contributed by atoms with E-state index in [2.05, 4.69) is 187 Å². The maximum Gasteiger partial charge on any atom is 0.164 e. The van der Waals surface area contributed by atoms with Gasteiger partial charge in [0.1, 0.15) is 11.2 Å². The Hall–Kier alpha value is -8.41. The summed E-state index contributed by atoms with van der Waals surface area (Å²) in [4.78, 5) is 15.0. The van der Waals surface area contributed by atoms with Crippen molar-refractivity contribution in [1.29, 1.82) is 0 Å². The molecule has 0 N–H and O–H groups in total. The zero-order valence-electron chi connectivity index (χ0n) is 33.5. The van der Waals surface area contributed by atoms with Crippen molar-refractivity contribution in [2.45, 2.75) is 0 Å². The molecule has 0 atom stereocenters. The van der Waals surface area contributed by atoms with Crippen LogP contribution in [0.15, 0.2) is 223 Å². The number of benzene rings is 9. The first-order chi connectivity index (χ1) is 30.7. The molecule has 3 heterocycles. The number of nitrogens with zero attached hydrogens (tertiary/aromatic N) is 4. The van der Waals surface area contributed by atoms with Gasteiger partial charge in [0.25, 0.3) is 0 Å². The second-order valence-electron chi connectivity index (χ2n) is 15.6. The highest BCUT2D eigenvalue weighted by atomic mass is 16.3. The number of hydrogen-bond donors (Lipinski definition) is 0. The van der Waals surface area contributed by atoms with E-state index < -0.39 is 0 Å². The molecule has 0 spiro atoms. The van der Waals surface area contributed by atoms with Gasteiger partial charge in [-0.15, -0.1) is 0 Å². The average molecular weight is 793 g/mol. The molecule has 12 rings (SSSR count). The van der Waals surface area contributed by atoms with E-state index >= 15 is 0 Å². The maximum atomic E-state index is 6.71. The van der Waals surface area contributed by atoms with E-state index in [0.717, 1.165) is 66.6 Å². The number of furan rings is 1. The van der Waals surface area contributed by atoms with Crippen LogP contribution in [0.4, 0.5) is 0 Å². The maximum absolute atomic E-state index is 6.71. The number of fused-ring (bicyclic) bond motifs is 6. The second-order valence-corrected chi connectivity index (χ2v) is 15.6. The monoisotopic (exact) mass is 792 g/mol. The van der Waals surface area contributed by atoms with Gasteiger partial charge in [-0.05, 0) is 81.9 Å². The summed E-state index contributed by atoms with van der Waals surface area (Å²) in [6.45, 7) is 0. The van der Waals surface area contributed by atoms with Gasteiger partial charge < -0.3 is 8.98 Å². The molecule has 5 heteroatoms. The molecule has 0 amide bonds. The highest BCUT2D eigenvalue weighted by molar-refractivity contribution is 6.17. The van der Waals surface area contributed by atoms with Crippen molar-refractivity contribution < 1.29 is 4.42 Å². The number of rotatable bonds is 7. The van der Waals surface area contributed by atoms with Crippen molar-refractivity contribution in [3.8, 4) is 73.2 Å². The fraction of sp³-hybridized carbons (Fsp3) is 0. The molecule has 9 aromatic carbocycles. The van der Waals surface area contributed by atoms with Crippen molar-refractivity contribution in [2.24, 2.45) is 0 Å². The van der Waals surface area contributed by atoms with Crippen LogP contribution in [0, 0.1) is 0 Å². The molecule has 12 aromatic rings. The SMILES string of the molecule is c1ccc(-c2ccc(-c3nc(-c4ccccc4)nc(-c4ccc5c(c4)oc4cc(-c6ccccc6-c6cccc7c6c6ccccc6n7-c6ccccc6)ccc45)n3)cc2)cc1. The zero-order chi connectivity index (χ0) is 41.0. The second kappa shape index (κ2) is 14.7. The third-order valence-electron chi connectivity index (χ3n) is 11.9. The molecule has 0 aliphatic heterocycles. The minimum Gasteiger partial charge on any atom is -0.456 e. The summed E-state index contributed by atoms with van der Waals surface area (Å²) in [5, 5.41) is 4.55. The van der Waals surface area contributed by atoms with E-state index in [0.29, 0.717) is 17.5 Å². The smallest absolute Gasteiger partial charge is 0.164 e. The van der Waals surface area contributed by atoms with E-state index in [-0.39, 0.29) is 0 Å². The van der Waals surface area contributed by atoms with Crippen LogP contribution in [-0.2, 0) is 0 Å². The van der Waals surface area contributed by atoms with Crippen LogP contribution in [0.1, 0.15) is 0 Å². The van der Waals surface area contributed by atoms with E-state index in [1.165, 1.54) is 32.9 Å². The number of hydrogen-bond acceptors (Lipinski definition) is 4. The average Bonchev–Trinajstić information content (AvgIpc) is 3.90. The lowest BCUT2D eigenvalue weighted by Gasteiger charge is -2.12. The molecular weight excluding hydrogens is 757 g/mol. The van der Waals surface area contributed by atoms with Crippen LogP contribution in [0.2, 0.25) is 0 Å². The Balaban J connectivity index is 0.950. The molecular formula is C57H36N4O. The fourth-order valence-electron chi connectivity index (χ4n) is 8.95. The van der Waals surface area contributed by atoms with Crippen molar-refractivity contribution >= 4 is 43.7 Å². The topological polar surface area (TPSA) is 56.7 Å². The summed E-state index contributed by atoms with van der Waals surface area (Å²) in [6.07, 6.45) is 0. The molecule has 0 aliphatic carbocycles. The van der Waals surface area contributed by atoms with E-state index in [9.17, 15) is 0 Å². The van der Waals surface area contributed by atoms with E-state index in [1.807, 2.05) is 36.4 Å². The summed E-state index contributed by atoms with van der Waals surface area (Å²) in [6, 6.07) is 76.3. The van der Waals surface area contributed by atoms with Crippen LogP contribution in [0.25, 0.3) is 117 Å². The lowest BCUT2D eigenvalue weighted by molar-refractivity contribution is 0.669. The van der Waals surface area contributed by atoms with Crippen LogP contribution in [0.3, 0.4) is 0 Å². The van der Waals surface area contributed by atoms with Gasteiger partial charge in [-0.2, -0.15) is 0 Å². The van der Waals surface area contributed by atoms with Gasteiger partial charge in [0.15, 0.2) is 17.5 Å². The van der Waals surface area contributed by atoms with Crippen molar-refractivity contribution in [3.63, 3.8) is 0 Å². The largest absolute Gasteiger partial charge is 0.456 e. The minimum absolute atomic E-state index is 0.584. The van der Waals surface area contributed by atoms with Crippen LogP contribution < -0.4 is 0 Å². The zero-order valence-corrected chi connectivity index (χ0v) is 33.5. The summed E-state index contributed by atoms with van der Waals surface area (Å²) in [5.41, 5.74) is 14.7. The molecule has 0 bridgehead atoms. The molecule has 5 nitrogen and oxygen atoms in total. The quantitative estimate of drug-likeness (QED) is 0.161. The predicted molar refractivity (Wildman–Crippen MR) is 254 cm³/mol. The van der Waals surface area contributed by atoms with Crippen molar-refractivity contribution in [1.82, 2.24) is 19.5 Å². The predicted octanol–water partition coefficient (Wildman–Crippen LogP) is 14.9. The first-order valence-electron chi connectivity index (χ1n) is 20.8. The Labute approximate surface area is 357 Å². The lowest BCUT2D eigenvalue weighted by Crippen LogP contribution is -2.00. The van der Waals surface area contributed by atoms with Gasteiger partial charge in [-0.25, -0.2) is 15.0 Å². The Morgan fingerprint density at radius 1 is 0.306 bits per heavy atom. The molecule has 0 aliphatic rings. The molecule has 3 aromatic heterocycles. The van der Waals surface area contributed by atoms with Crippen molar-refractivity contribution in [3.05, 3.63) is 218 Å². The first-order valence-corrected chi connectivity index (χ1v) is 20.8. The van der Waals surface area contributed by atoms with Gasteiger partial charge in [0, 0.05) is 43.9 Å². The first kappa shape index (κ1) is 35.5. The van der Waals surface area contributed by atoms with Gasteiger partial charge in [-0.3, -0.25) is 0 Å². The summed E-state index contributed by atoms with van der Waals surface area (Å²) >= 11 is 0. The summed E-state index contributed by atoms with van der Waals surface area (Å²) in [7, 11) is 0. The Morgan fingerprint density at radius 3 is 1.48 bits per heavy atom. The van der Waals surface area contributed by atoms with Gasteiger partial charge >= 0.3 is 0 Å². The van der Waals surface area contributed by atoms with Crippen molar-refractivity contribution in [2.75, 3.05) is 0 Å². The van der Waals surface area contributed by atoms with E-state index in [4.69, 9.17) is 19.4 Å². The van der Waals surface area contributed by atoms with Gasteiger partial charge in [0.2, 0.25) is 0 Å². The third kappa shape index (κ3) is 6.06. The Bertz CT molecular complexity index is 3610. The third-order valence-corrected chi connectivity index (χ3v) is 11.9. The summed E-state index contributed by atoms with van der Waals surface area (Å²) < 4.78 is 9.08. The fourth-order valence-corrected chi connectivity index (χ4v) is 8.95. The molecule has 0 fully saturated rings. The molecule has 62 heavy (non-hydrogen) atoms. The lowest BCUT2D eigenvalue weighted by atomic mass is 9.91. The number of aromatic nitrogens is 4. The Morgan fingerprint density at radius 2 is 0.774 bits per heavy atom. The Kier molecular flexibility index (Phi) is 8.42. The van der Waals surface area contributed by atoms with Gasteiger partial charge in [0.05, 0.1) is 11.0 Å². The van der Waals surface area contributed by atoms with Crippen LogP contribution in [-0.4, -0.2) is 19.5 Å². The van der Waals surface area contributed by atoms with Gasteiger partial charge in [-0.1, -0.05) is 170 Å². The highest BCUT2D eigenvalue weighted by Crippen LogP contribution is 2.43. The summed E-state index contributed by atoms with van der Waals surface area (Å²) in [5.74, 6) is 1.81. The molecule has 0 radical (unpaired) electrons. The molecule has 0 saturated heterocycles. The molecule has 0 unspecified atom stereocenters. The number of para-hydroxylation sites is 2. The molecule has 290 valence electrons.